The molecule has 0 aliphatic heterocycles. The van der Waals surface area contributed by atoms with E-state index in [2.05, 4.69) is 10.6 Å². The van der Waals surface area contributed by atoms with Crippen molar-refractivity contribution in [2.45, 2.75) is 45.4 Å². The third kappa shape index (κ3) is 6.86. The zero-order chi connectivity index (χ0) is 18.1. The Labute approximate surface area is 150 Å². The summed E-state index contributed by atoms with van der Waals surface area (Å²) in [5, 5.41) is 15.2. The van der Waals surface area contributed by atoms with Crippen LogP contribution in [0.4, 0.5) is 0 Å². The topological polar surface area (TPSA) is 78.4 Å². The lowest BCUT2D eigenvalue weighted by atomic mass is 9.84. The van der Waals surface area contributed by atoms with Gasteiger partial charge in [0.15, 0.2) is 0 Å². The van der Waals surface area contributed by atoms with Crippen molar-refractivity contribution in [3.63, 3.8) is 0 Å². The van der Waals surface area contributed by atoms with E-state index in [1.807, 2.05) is 37.3 Å². The van der Waals surface area contributed by atoms with Crippen LogP contribution in [-0.2, 0) is 16.0 Å². The van der Waals surface area contributed by atoms with E-state index in [1.165, 1.54) is 12.8 Å². The third-order valence-corrected chi connectivity index (χ3v) is 4.96. The van der Waals surface area contributed by atoms with Crippen LogP contribution in [0.15, 0.2) is 30.3 Å². The second kappa shape index (κ2) is 9.56. The van der Waals surface area contributed by atoms with Crippen molar-refractivity contribution in [3.05, 3.63) is 35.9 Å². The molecule has 1 saturated carbocycles. The summed E-state index contributed by atoms with van der Waals surface area (Å²) in [6.45, 7) is 2.29. The molecule has 2 rings (SSSR count). The highest BCUT2D eigenvalue weighted by atomic mass is 16.3. The molecular weight excluding hydrogens is 316 g/mol. The number of nitrogens with one attached hydrogen (secondary N) is 2. The van der Waals surface area contributed by atoms with Gasteiger partial charge < -0.3 is 15.7 Å². The maximum atomic E-state index is 12.0. The standard InChI is InChI=1S/C20H30N2O3/c1-20(15-23,12-17-9-3-2-4-10-17)14-22-19(25)13-21-18(24)11-16-7-5-6-8-16/h2-4,9-10,16,23H,5-8,11-15H2,1H3,(H,21,24)(H,22,25)/t20-/m0/s1. The summed E-state index contributed by atoms with van der Waals surface area (Å²) in [4.78, 5) is 23.9. The average Bonchev–Trinajstić information content (AvgIpc) is 3.12. The van der Waals surface area contributed by atoms with Crippen LogP contribution in [0.3, 0.4) is 0 Å². The van der Waals surface area contributed by atoms with Crippen LogP contribution in [0.1, 0.15) is 44.6 Å². The Bertz CT molecular complexity index is 555. The second-order valence-corrected chi connectivity index (χ2v) is 7.54. The average molecular weight is 346 g/mol. The molecule has 5 nitrogen and oxygen atoms in total. The number of amides is 2. The number of carbonyl (C=O) groups is 2. The van der Waals surface area contributed by atoms with Crippen molar-refractivity contribution in [1.29, 1.82) is 0 Å². The minimum atomic E-state index is -0.426. The summed E-state index contributed by atoms with van der Waals surface area (Å²) >= 11 is 0. The van der Waals surface area contributed by atoms with Gasteiger partial charge >= 0.3 is 0 Å². The first-order chi connectivity index (χ1) is 12.0. The summed E-state index contributed by atoms with van der Waals surface area (Å²) in [6, 6.07) is 9.91. The smallest absolute Gasteiger partial charge is 0.239 e. The van der Waals surface area contributed by atoms with Crippen molar-refractivity contribution in [3.8, 4) is 0 Å². The summed E-state index contributed by atoms with van der Waals surface area (Å²) < 4.78 is 0. The lowest BCUT2D eigenvalue weighted by molar-refractivity contribution is -0.126. The van der Waals surface area contributed by atoms with E-state index >= 15 is 0 Å². The lowest BCUT2D eigenvalue weighted by Crippen LogP contribution is -2.43. The fraction of sp³-hybridized carbons (Fsp3) is 0.600. The largest absolute Gasteiger partial charge is 0.396 e. The molecule has 1 aromatic carbocycles. The molecule has 2 amide bonds. The Morgan fingerprint density at radius 2 is 1.80 bits per heavy atom. The molecule has 0 unspecified atom stereocenters. The molecule has 0 saturated heterocycles. The van der Waals surface area contributed by atoms with Gasteiger partial charge in [0.1, 0.15) is 0 Å². The van der Waals surface area contributed by atoms with Crippen LogP contribution < -0.4 is 10.6 Å². The highest BCUT2D eigenvalue weighted by Gasteiger charge is 2.25. The van der Waals surface area contributed by atoms with Crippen molar-refractivity contribution in [2.75, 3.05) is 19.7 Å². The first-order valence-electron chi connectivity index (χ1n) is 9.19. The van der Waals surface area contributed by atoms with Gasteiger partial charge in [-0.15, -0.1) is 0 Å². The Morgan fingerprint density at radius 3 is 2.44 bits per heavy atom. The van der Waals surface area contributed by atoms with Gasteiger partial charge in [-0.3, -0.25) is 9.59 Å². The molecule has 0 bridgehead atoms. The van der Waals surface area contributed by atoms with Crippen LogP contribution in [0.5, 0.6) is 0 Å². The van der Waals surface area contributed by atoms with E-state index in [0.29, 0.717) is 25.3 Å². The van der Waals surface area contributed by atoms with Crippen molar-refractivity contribution in [2.24, 2.45) is 11.3 Å². The quantitative estimate of drug-likeness (QED) is 0.640. The zero-order valence-electron chi connectivity index (χ0n) is 15.1. The lowest BCUT2D eigenvalue weighted by Gasteiger charge is -2.27. The monoisotopic (exact) mass is 346 g/mol. The van der Waals surface area contributed by atoms with Crippen LogP contribution in [0.25, 0.3) is 0 Å². The predicted molar refractivity (Wildman–Crippen MR) is 97.9 cm³/mol. The van der Waals surface area contributed by atoms with Crippen molar-refractivity contribution in [1.82, 2.24) is 10.6 Å². The number of hydrogen-bond acceptors (Lipinski definition) is 3. The normalized spacial score (nSPS) is 17.0. The van der Waals surface area contributed by atoms with E-state index in [0.717, 1.165) is 18.4 Å². The van der Waals surface area contributed by atoms with Crippen LogP contribution in [-0.4, -0.2) is 36.6 Å². The Kier molecular flexibility index (Phi) is 7.44. The van der Waals surface area contributed by atoms with Crippen LogP contribution in [0.2, 0.25) is 0 Å². The first kappa shape index (κ1) is 19.4. The van der Waals surface area contributed by atoms with Gasteiger partial charge in [-0.05, 0) is 30.7 Å². The maximum absolute atomic E-state index is 12.0. The van der Waals surface area contributed by atoms with Gasteiger partial charge in [0.05, 0.1) is 13.2 Å². The Balaban J connectivity index is 1.70. The summed E-state index contributed by atoms with van der Waals surface area (Å²) in [6.07, 6.45) is 5.86. The Morgan fingerprint density at radius 1 is 1.12 bits per heavy atom. The molecule has 0 spiro atoms. The molecule has 1 fully saturated rings. The van der Waals surface area contributed by atoms with Gasteiger partial charge in [0.2, 0.25) is 11.8 Å². The third-order valence-electron chi connectivity index (χ3n) is 4.96. The van der Waals surface area contributed by atoms with E-state index in [1.54, 1.807) is 0 Å². The van der Waals surface area contributed by atoms with Crippen LogP contribution >= 0.6 is 0 Å². The van der Waals surface area contributed by atoms with Crippen molar-refractivity contribution < 1.29 is 14.7 Å². The van der Waals surface area contributed by atoms with Gasteiger partial charge in [-0.1, -0.05) is 50.1 Å². The molecule has 3 N–H and O–H groups in total. The molecule has 0 radical (unpaired) electrons. The molecule has 138 valence electrons. The van der Waals surface area contributed by atoms with Crippen molar-refractivity contribution >= 4 is 11.8 Å². The number of aliphatic hydroxyl groups is 1. The summed E-state index contributed by atoms with van der Waals surface area (Å²) in [5.74, 6) is 0.218. The fourth-order valence-electron chi connectivity index (χ4n) is 3.37. The second-order valence-electron chi connectivity index (χ2n) is 7.54. The Hall–Kier alpha value is -1.88. The van der Waals surface area contributed by atoms with E-state index in [-0.39, 0.29) is 25.0 Å². The maximum Gasteiger partial charge on any atom is 0.239 e. The number of rotatable bonds is 9. The van der Waals surface area contributed by atoms with Gasteiger partial charge in [-0.2, -0.15) is 0 Å². The van der Waals surface area contributed by atoms with E-state index in [4.69, 9.17) is 0 Å². The zero-order valence-corrected chi connectivity index (χ0v) is 15.1. The molecule has 1 aromatic rings. The van der Waals surface area contributed by atoms with Crippen LogP contribution in [0, 0.1) is 11.3 Å². The van der Waals surface area contributed by atoms with Gasteiger partial charge in [-0.25, -0.2) is 0 Å². The summed E-state index contributed by atoms with van der Waals surface area (Å²) in [7, 11) is 0. The SMILES string of the molecule is C[C@@](CO)(CNC(=O)CNC(=O)CC1CCCC1)Cc1ccccc1. The van der Waals surface area contributed by atoms with E-state index < -0.39 is 5.41 Å². The van der Waals surface area contributed by atoms with Gasteiger partial charge in [0, 0.05) is 18.4 Å². The highest BCUT2D eigenvalue weighted by molar-refractivity contribution is 5.84. The van der Waals surface area contributed by atoms with Gasteiger partial charge in [0.25, 0.3) is 0 Å². The molecular formula is C20H30N2O3. The molecule has 5 heteroatoms. The molecule has 0 heterocycles. The molecule has 1 aliphatic rings. The minimum absolute atomic E-state index is 0.00159. The molecule has 0 aromatic heterocycles. The number of hydrogen-bond donors (Lipinski definition) is 3. The number of benzene rings is 1. The number of aliphatic hydroxyl groups excluding tert-OH is 1. The fourth-order valence-corrected chi connectivity index (χ4v) is 3.37. The minimum Gasteiger partial charge on any atom is -0.396 e. The molecule has 1 aliphatic carbocycles. The highest BCUT2D eigenvalue weighted by Crippen LogP contribution is 2.27. The van der Waals surface area contributed by atoms with E-state index in [9.17, 15) is 14.7 Å². The summed E-state index contributed by atoms with van der Waals surface area (Å²) in [5.41, 5.74) is 0.698. The molecule has 25 heavy (non-hydrogen) atoms. The predicted octanol–water partition coefficient (Wildman–Crippen LogP) is 2.04. The number of carbonyl (C=O) groups excluding carboxylic acids is 2. The first-order valence-corrected chi connectivity index (χ1v) is 9.19. The molecule has 1 atom stereocenters.